The SMILES string of the molecule is CC(C)C(c1ccc2cc(C#N)ccc2c1)n1ccnn1. The normalized spacial score (nSPS) is 12.5. The van der Waals surface area contributed by atoms with Crippen LogP contribution in [0.15, 0.2) is 48.8 Å². The minimum absolute atomic E-state index is 0.160. The maximum absolute atomic E-state index is 8.97. The van der Waals surface area contributed by atoms with Gasteiger partial charge in [-0.05, 0) is 40.5 Å². The van der Waals surface area contributed by atoms with Crippen LogP contribution in [0.1, 0.15) is 31.0 Å². The molecule has 2 aromatic carbocycles. The molecule has 3 aromatic rings. The monoisotopic (exact) mass is 276 g/mol. The minimum Gasteiger partial charge on any atom is -0.245 e. The summed E-state index contributed by atoms with van der Waals surface area (Å²) in [4.78, 5) is 0. The highest BCUT2D eigenvalue weighted by molar-refractivity contribution is 5.84. The van der Waals surface area contributed by atoms with Gasteiger partial charge in [-0.1, -0.05) is 37.3 Å². The summed E-state index contributed by atoms with van der Waals surface area (Å²) in [5.74, 6) is 0.405. The molecule has 0 radical (unpaired) electrons. The van der Waals surface area contributed by atoms with E-state index in [9.17, 15) is 0 Å². The van der Waals surface area contributed by atoms with Crippen molar-refractivity contribution in [2.45, 2.75) is 19.9 Å². The van der Waals surface area contributed by atoms with Crippen molar-refractivity contribution < 1.29 is 0 Å². The quantitative estimate of drug-likeness (QED) is 0.735. The number of nitrogens with zero attached hydrogens (tertiary/aromatic N) is 4. The third-order valence-electron chi connectivity index (χ3n) is 3.69. The third-order valence-corrected chi connectivity index (χ3v) is 3.69. The van der Waals surface area contributed by atoms with E-state index in [1.165, 1.54) is 5.56 Å². The molecule has 0 saturated carbocycles. The number of aromatic nitrogens is 3. The fourth-order valence-corrected chi connectivity index (χ4v) is 2.73. The molecule has 0 bridgehead atoms. The first-order valence-corrected chi connectivity index (χ1v) is 6.98. The smallest absolute Gasteiger partial charge is 0.0991 e. The molecule has 0 spiro atoms. The summed E-state index contributed by atoms with van der Waals surface area (Å²) >= 11 is 0. The maximum atomic E-state index is 8.97. The van der Waals surface area contributed by atoms with Crippen molar-refractivity contribution in [3.05, 3.63) is 59.9 Å². The van der Waals surface area contributed by atoms with E-state index in [0.717, 1.165) is 10.8 Å². The van der Waals surface area contributed by atoms with Crippen molar-refractivity contribution in [3.63, 3.8) is 0 Å². The zero-order valence-electron chi connectivity index (χ0n) is 12.1. The van der Waals surface area contributed by atoms with Gasteiger partial charge in [0.05, 0.1) is 23.9 Å². The zero-order valence-corrected chi connectivity index (χ0v) is 12.1. The van der Waals surface area contributed by atoms with Crippen LogP contribution in [0.2, 0.25) is 0 Å². The lowest BCUT2D eigenvalue weighted by molar-refractivity contribution is 0.394. The summed E-state index contributed by atoms with van der Waals surface area (Å²) in [7, 11) is 0. The number of benzene rings is 2. The van der Waals surface area contributed by atoms with Crippen LogP contribution in [0.5, 0.6) is 0 Å². The number of nitriles is 1. The van der Waals surface area contributed by atoms with Gasteiger partial charge in [-0.2, -0.15) is 5.26 Å². The molecule has 0 N–H and O–H groups in total. The van der Waals surface area contributed by atoms with E-state index in [4.69, 9.17) is 5.26 Å². The molecular formula is C17H16N4. The Morgan fingerprint density at radius 3 is 2.52 bits per heavy atom. The van der Waals surface area contributed by atoms with E-state index in [1.54, 1.807) is 6.20 Å². The summed E-state index contributed by atoms with van der Waals surface area (Å²) in [6.45, 7) is 4.35. The van der Waals surface area contributed by atoms with Gasteiger partial charge in [0.1, 0.15) is 0 Å². The van der Waals surface area contributed by atoms with Crippen LogP contribution in [0.25, 0.3) is 10.8 Å². The van der Waals surface area contributed by atoms with E-state index in [2.05, 4.69) is 48.4 Å². The Morgan fingerprint density at radius 1 is 1.10 bits per heavy atom. The molecule has 0 fully saturated rings. The van der Waals surface area contributed by atoms with Crippen LogP contribution in [-0.4, -0.2) is 15.0 Å². The Labute approximate surface area is 123 Å². The Bertz CT molecular complexity index is 797. The molecule has 0 aliphatic heterocycles. The topological polar surface area (TPSA) is 54.5 Å². The Hall–Kier alpha value is -2.67. The second-order valence-electron chi connectivity index (χ2n) is 5.51. The van der Waals surface area contributed by atoms with Gasteiger partial charge < -0.3 is 0 Å². The van der Waals surface area contributed by atoms with Gasteiger partial charge in [-0.3, -0.25) is 0 Å². The van der Waals surface area contributed by atoms with Crippen molar-refractivity contribution in [1.29, 1.82) is 5.26 Å². The van der Waals surface area contributed by atoms with Gasteiger partial charge in [-0.25, -0.2) is 4.68 Å². The van der Waals surface area contributed by atoms with Crippen molar-refractivity contribution in [3.8, 4) is 6.07 Å². The maximum Gasteiger partial charge on any atom is 0.0991 e. The summed E-state index contributed by atoms with van der Waals surface area (Å²) in [6.07, 6.45) is 3.60. The highest BCUT2D eigenvalue weighted by Gasteiger charge is 2.18. The van der Waals surface area contributed by atoms with Crippen molar-refractivity contribution in [1.82, 2.24) is 15.0 Å². The van der Waals surface area contributed by atoms with Crippen LogP contribution in [0.4, 0.5) is 0 Å². The average Bonchev–Trinajstić information content (AvgIpc) is 3.00. The Kier molecular flexibility index (Phi) is 3.41. The molecule has 4 nitrogen and oxygen atoms in total. The Morgan fingerprint density at radius 2 is 1.86 bits per heavy atom. The van der Waals surface area contributed by atoms with Crippen LogP contribution in [0.3, 0.4) is 0 Å². The van der Waals surface area contributed by atoms with Crippen molar-refractivity contribution in [2.24, 2.45) is 5.92 Å². The number of rotatable bonds is 3. The van der Waals surface area contributed by atoms with E-state index < -0.39 is 0 Å². The second-order valence-corrected chi connectivity index (χ2v) is 5.51. The van der Waals surface area contributed by atoms with Gasteiger partial charge in [0.2, 0.25) is 0 Å². The van der Waals surface area contributed by atoms with Gasteiger partial charge in [0, 0.05) is 6.20 Å². The first kappa shape index (κ1) is 13.3. The molecule has 0 amide bonds. The van der Waals surface area contributed by atoms with E-state index in [0.29, 0.717) is 11.5 Å². The van der Waals surface area contributed by atoms with Crippen LogP contribution >= 0.6 is 0 Å². The highest BCUT2D eigenvalue weighted by Crippen LogP contribution is 2.28. The molecule has 1 aromatic heterocycles. The number of hydrogen-bond donors (Lipinski definition) is 0. The van der Waals surface area contributed by atoms with E-state index >= 15 is 0 Å². The number of hydrogen-bond acceptors (Lipinski definition) is 3. The lowest BCUT2D eigenvalue weighted by atomic mass is 9.94. The Balaban J connectivity index is 2.09. The van der Waals surface area contributed by atoms with Gasteiger partial charge >= 0.3 is 0 Å². The van der Waals surface area contributed by atoms with Crippen LogP contribution < -0.4 is 0 Å². The molecular weight excluding hydrogens is 260 g/mol. The lowest BCUT2D eigenvalue weighted by Gasteiger charge is -2.21. The molecule has 3 rings (SSSR count). The molecule has 4 heteroatoms. The first-order valence-electron chi connectivity index (χ1n) is 6.98. The predicted molar refractivity (Wildman–Crippen MR) is 81.7 cm³/mol. The molecule has 21 heavy (non-hydrogen) atoms. The third kappa shape index (κ3) is 2.50. The van der Waals surface area contributed by atoms with Crippen LogP contribution in [0, 0.1) is 17.2 Å². The summed E-state index contributed by atoms with van der Waals surface area (Å²) in [5.41, 5.74) is 1.89. The molecule has 0 aliphatic rings. The summed E-state index contributed by atoms with van der Waals surface area (Å²) in [6, 6.07) is 14.4. The zero-order chi connectivity index (χ0) is 14.8. The lowest BCUT2D eigenvalue weighted by Crippen LogP contribution is -2.17. The molecule has 1 unspecified atom stereocenters. The standard InChI is InChI=1S/C17H16N4/c1-12(2)17(21-8-7-19-20-21)16-6-5-14-9-13(11-18)3-4-15(14)10-16/h3-10,12,17H,1-2H3. The van der Waals surface area contributed by atoms with Crippen LogP contribution in [-0.2, 0) is 0 Å². The molecule has 0 saturated heterocycles. The minimum atomic E-state index is 0.160. The highest BCUT2D eigenvalue weighted by atomic mass is 15.4. The molecule has 104 valence electrons. The largest absolute Gasteiger partial charge is 0.245 e. The second kappa shape index (κ2) is 5.37. The summed E-state index contributed by atoms with van der Waals surface area (Å²) < 4.78 is 1.90. The summed E-state index contributed by atoms with van der Waals surface area (Å²) in [5, 5.41) is 19.2. The van der Waals surface area contributed by atoms with Crippen molar-refractivity contribution >= 4 is 10.8 Å². The fraction of sp³-hybridized carbons (Fsp3) is 0.235. The van der Waals surface area contributed by atoms with Gasteiger partial charge in [0.25, 0.3) is 0 Å². The molecule has 0 aliphatic carbocycles. The molecule has 1 heterocycles. The van der Waals surface area contributed by atoms with Crippen molar-refractivity contribution in [2.75, 3.05) is 0 Å². The predicted octanol–water partition coefficient (Wildman–Crippen LogP) is 3.55. The first-order chi connectivity index (χ1) is 10.2. The fourth-order valence-electron chi connectivity index (χ4n) is 2.73. The van der Waals surface area contributed by atoms with Gasteiger partial charge in [-0.15, -0.1) is 5.10 Å². The average molecular weight is 276 g/mol. The molecule has 1 atom stereocenters. The number of fused-ring (bicyclic) bond motifs is 1. The van der Waals surface area contributed by atoms with E-state index in [1.807, 2.05) is 29.1 Å². The van der Waals surface area contributed by atoms with E-state index in [-0.39, 0.29) is 6.04 Å². The van der Waals surface area contributed by atoms with Gasteiger partial charge in [0.15, 0.2) is 0 Å².